The van der Waals surface area contributed by atoms with E-state index in [1.54, 1.807) is 4.97 Å². The molecule has 1 nitrogen and oxygen atoms in total. The molecule has 0 aromatic rings. The van der Waals surface area contributed by atoms with E-state index in [0.29, 0.717) is 0 Å². The van der Waals surface area contributed by atoms with Crippen LogP contribution in [0.5, 0.6) is 0 Å². The summed E-state index contributed by atoms with van der Waals surface area (Å²) >= 11 is 2.53. The van der Waals surface area contributed by atoms with Crippen LogP contribution < -0.4 is 0 Å². The molecule has 0 saturated carbocycles. The standard InChI is InChI=1S/C3H3OSe/c4-2-1-3-5/h1-3H/b3-1-. The number of rotatable bonds is 1. The Labute approximate surface area is 38.9 Å². The quantitative estimate of drug-likeness (QED) is 0.277. The Bertz CT molecular complexity index is 48.9. The van der Waals surface area contributed by atoms with Crippen molar-refractivity contribution in [1.29, 1.82) is 0 Å². The van der Waals surface area contributed by atoms with Gasteiger partial charge in [0.1, 0.15) is 0 Å². The van der Waals surface area contributed by atoms with Gasteiger partial charge in [-0.2, -0.15) is 0 Å². The molecular weight excluding hydrogens is 131 g/mol. The summed E-state index contributed by atoms with van der Waals surface area (Å²) in [5, 5.41) is 0. The molecule has 5 heavy (non-hydrogen) atoms. The number of hydrogen-bond acceptors (Lipinski definition) is 1. The third-order valence-corrected chi connectivity index (χ3v) is 0.487. The van der Waals surface area contributed by atoms with Crippen LogP contribution in [0.25, 0.3) is 0 Å². The molecule has 27 valence electrons. The average molecular weight is 134 g/mol. The van der Waals surface area contributed by atoms with Gasteiger partial charge in [0.2, 0.25) is 0 Å². The molecule has 0 aromatic heterocycles. The van der Waals surface area contributed by atoms with Gasteiger partial charge in [0.05, 0.1) is 0 Å². The van der Waals surface area contributed by atoms with E-state index >= 15 is 0 Å². The Morgan fingerprint density at radius 2 is 2.20 bits per heavy atom. The summed E-state index contributed by atoms with van der Waals surface area (Å²) in [7, 11) is 0. The SMILES string of the molecule is O=C/C=C\[Se]. The minimum atomic E-state index is 0.719. The number of carbonyl (C=O) groups excluding carboxylic acids is 1. The Morgan fingerprint density at radius 1 is 1.60 bits per heavy atom. The zero-order valence-electron chi connectivity index (χ0n) is 2.55. The van der Waals surface area contributed by atoms with Gasteiger partial charge in [-0.05, 0) is 0 Å². The zero-order valence-corrected chi connectivity index (χ0v) is 4.26. The molecule has 0 atom stereocenters. The molecule has 0 amide bonds. The Morgan fingerprint density at radius 3 is 2.20 bits per heavy atom. The van der Waals surface area contributed by atoms with Gasteiger partial charge < -0.3 is 0 Å². The molecule has 0 rings (SSSR count). The van der Waals surface area contributed by atoms with Crippen molar-refractivity contribution < 1.29 is 4.79 Å². The van der Waals surface area contributed by atoms with Gasteiger partial charge in [-0.1, -0.05) is 0 Å². The van der Waals surface area contributed by atoms with Crippen LogP contribution >= 0.6 is 0 Å². The normalized spacial score (nSPS) is 8.80. The maximum absolute atomic E-state index is 9.30. The first kappa shape index (κ1) is 4.93. The van der Waals surface area contributed by atoms with E-state index in [2.05, 4.69) is 16.0 Å². The second-order valence-electron chi connectivity index (χ2n) is 0.465. The van der Waals surface area contributed by atoms with Crippen molar-refractivity contribution in [1.82, 2.24) is 0 Å². The molecule has 0 fully saturated rings. The third-order valence-electron chi connectivity index (χ3n) is 0.157. The van der Waals surface area contributed by atoms with Crippen molar-refractivity contribution in [2.24, 2.45) is 0 Å². The first-order valence-electron chi connectivity index (χ1n) is 1.14. The Kier molecular flexibility index (Phi) is 3.87. The van der Waals surface area contributed by atoms with E-state index in [1.165, 1.54) is 6.08 Å². The van der Waals surface area contributed by atoms with E-state index < -0.39 is 0 Å². The molecular formula is C3H3OSe. The fraction of sp³-hybridized carbons (Fsp3) is 0. The molecule has 1 radical (unpaired) electrons. The van der Waals surface area contributed by atoms with Gasteiger partial charge >= 0.3 is 38.1 Å². The number of hydrogen-bond donors (Lipinski definition) is 0. The van der Waals surface area contributed by atoms with Crippen LogP contribution in [0.4, 0.5) is 0 Å². The third kappa shape index (κ3) is 3.93. The van der Waals surface area contributed by atoms with Crippen molar-refractivity contribution >= 4 is 22.3 Å². The van der Waals surface area contributed by atoms with Gasteiger partial charge in [-0.25, -0.2) is 0 Å². The van der Waals surface area contributed by atoms with Crippen LogP contribution in [0.1, 0.15) is 0 Å². The summed E-state index contributed by atoms with van der Waals surface area (Å²) in [6.07, 6.45) is 2.11. The van der Waals surface area contributed by atoms with E-state index in [4.69, 9.17) is 0 Å². The summed E-state index contributed by atoms with van der Waals surface area (Å²) in [6.45, 7) is 0. The molecule has 0 spiro atoms. The molecule has 0 aliphatic carbocycles. The summed E-state index contributed by atoms with van der Waals surface area (Å²) in [6, 6.07) is 0. The Balaban J connectivity index is 2.92. The second-order valence-corrected chi connectivity index (χ2v) is 1.04. The molecule has 0 aromatic carbocycles. The van der Waals surface area contributed by atoms with E-state index in [1.807, 2.05) is 0 Å². The molecule has 0 N–H and O–H groups in total. The molecule has 2 heteroatoms. The van der Waals surface area contributed by atoms with Crippen LogP contribution in [0.2, 0.25) is 0 Å². The van der Waals surface area contributed by atoms with Gasteiger partial charge in [0.15, 0.2) is 0 Å². The minimum absolute atomic E-state index is 0.719. The first-order valence-corrected chi connectivity index (χ1v) is 2.13. The van der Waals surface area contributed by atoms with E-state index in [0.717, 1.165) is 6.29 Å². The van der Waals surface area contributed by atoms with Crippen molar-refractivity contribution in [2.75, 3.05) is 0 Å². The molecule has 0 bridgehead atoms. The van der Waals surface area contributed by atoms with Crippen LogP contribution in [-0.4, -0.2) is 22.3 Å². The van der Waals surface area contributed by atoms with E-state index in [9.17, 15) is 4.79 Å². The predicted molar refractivity (Wildman–Crippen MR) is 21.0 cm³/mol. The van der Waals surface area contributed by atoms with Crippen molar-refractivity contribution in [3.05, 3.63) is 11.1 Å². The summed E-state index contributed by atoms with van der Waals surface area (Å²) in [5.74, 6) is 0. The van der Waals surface area contributed by atoms with Crippen LogP contribution in [0.3, 0.4) is 0 Å². The molecule has 0 aliphatic rings. The fourth-order valence-corrected chi connectivity index (χ4v) is 0.167. The van der Waals surface area contributed by atoms with Crippen molar-refractivity contribution in [2.45, 2.75) is 0 Å². The molecule has 0 aliphatic heterocycles. The predicted octanol–water partition coefficient (Wildman–Crippen LogP) is -0.133. The summed E-state index contributed by atoms with van der Waals surface area (Å²) in [5.41, 5.74) is 0. The van der Waals surface area contributed by atoms with Gasteiger partial charge in [-0.3, -0.25) is 0 Å². The number of allylic oxidation sites excluding steroid dienone is 1. The fourth-order valence-electron chi connectivity index (χ4n) is 0.0321. The number of aldehydes is 1. The second kappa shape index (κ2) is 3.93. The monoisotopic (exact) mass is 135 g/mol. The molecule has 0 heterocycles. The maximum atomic E-state index is 9.30. The average Bonchev–Trinajstić information content (AvgIpc) is 1.41. The Hall–Kier alpha value is -0.0705. The van der Waals surface area contributed by atoms with Crippen molar-refractivity contribution in [3.8, 4) is 0 Å². The van der Waals surface area contributed by atoms with Crippen molar-refractivity contribution in [3.63, 3.8) is 0 Å². The van der Waals surface area contributed by atoms with E-state index in [-0.39, 0.29) is 0 Å². The summed E-state index contributed by atoms with van der Waals surface area (Å²) in [4.78, 5) is 10.9. The molecule has 0 saturated heterocycles. The first-order chi connectivity index (χ1) is 2.41. The zero-order chi connectivity index (χ0) is 4.12. The topological polar surface area (TPSA) is 17.1 Å². The van der Waals surface area contributed by atoms with Crippen LogP contribution in [0, 0.1) is 0 Å². The van der Waals surface area contributed by atoms with Gasteiger partial charge in [-0.15, -0.1) is 0 Å². The number of carbonyl (C=O) groups is 1. The van der Waals surface area contributed by atoms with Crippen LogP contribution in [-0.2, 0) is 4.79 Å². The van der Waals surface area contributed by atoms with Crippen LogP contribution in [0.15, 0.2) is 11.1 Å². The molecule has 0 unspecified atom stereocenters. The van der Waals surface area contributed by atoms with Gasteiger partial charge in [0, 0.05) is 0 Å². The summed E-state index contributed by atoms with van der Waals surface area (Å²) < 4.78 is 0. The van der Waals surface area contributed by atoms with Gasteiger partial charge in [0.25, 0.3) is 0 Å².